The van der Waals surface area contributed by atoms with Gasteiger partial charge in [0.25, 0.3) is 0 Å². The summed E-state index contributed by atoms with van der Waals surface area (Å²) in [6.45, 7) is 2.69. The number of rotatable bonds is 6. The van der Waals surface area contributed by atoms with Crippen molar-refractivity contribution >= 4 is 22.6 Å². The van der Waals surface area contributed by atoms with Crippen molar-refractivity contribution in [3.8, 4) is 0 Å². The van der Waals surface area contributed by atoms with E-state index in [1.807, 2.05) is 4.90 Å². The average Bonchev–Trinajstić information content (AvgIpc) is 3.04. The Kier molecular flexibility index (Phi) is 4.89. The van der Waals surface area contributed by atoms with Crippen LogP contribution in [0, 0.1) is 0 Å². The minimum absolute atomic E-state index is 0.140. The molecule has 0 radical (unpaired) electrons. The number of hydrogen-bond donors (Lipinski definition) is 1. The molecular weight excluding hydrogens is 252 g/mol. The lowest BCUT2D eigenvalue weighted by Crippen LogP contribution is -2.32. The molecule has 2 rings (SSSR count). The Morgan fingerprint density at radius 3 is 3.00 bits per heavy atom. The summed E-state index contributed by atoms with van der Waals surface area (Å²) in [6, 6.07) is 0. The van der Waals surface area contributed by atoms with E-state index in [-0.39, 0.29) is 5.91 Å². The maximum Gasteiger partial charge on any atom is 0.241 e. The largest absolute Gasteiger partial charge is 0.384 e. The van der Waals surface area contributed by atoms with Crippen molar-refractivity contribution in [2.24, 2.45) is 0 Å². The second-order valence-electron chi connectivity index (χ2n) is 4.20. The van der Waals surface area contributed by atoms with Crippen LogP contribution in [0.15, 0.2) is 0 Å². The van der Waals surface area contributed by atoms with E-state index >= 15 is 0 Å². The number of methoxy groups -OCH3 is 1. The van der Waals surface area contributed by atoms with E-state index in [1.54, 1.807) is 7.11 Å². The van der Waals surface area contributed by atoms with Crippen molar-refractivity contribution in [2.75, 3.05) is 38.7 Å². The Bertz CT molecular complexity index is 390. The van der Waals surface area contributed by atoms with Gasteiger partial charge in [-0.15, -0.1) is 0 Å². The van der Waals surface area contributed by atoms with Gasteiger partial charge >= 0.3 is 0 Å². The van der Waals surface area contributed by atoms with E-state index in [2.05, 4.69) is 14.7 Å². The maximum absolute atomic E-state index is 11.8. The van der Waals surface area contributed by atoms with E-state index in [4.69, 9.17) is 4.74 Å². The van der Waals surface area contributed by atoms with Crippen molar-refractivity contribution in [2.45, 2.75) is 19.3 Å². The van der Waals surface area contributed by atoms with Crippen LogP contribution in [0.2, 0.25) is 0 Å². The van der Waals surface area contributed by atoms with Gasteiger partial charge in [-0.1, -0.05) is 0 Å². The third-order valence-corrected chi connectivity index (χ3v) is 3.56. The Hall–Kier alpha value is -1.21. The summed E-state index contributed by atoms with van der Waals surface area (Å²) in [5.74, 6) is 0.902. The molecule has 1 aliphatic heterocycles. The number of hydrogen-bond acceptors (Lipinski definition) is 6. The van der Waals surface area contributed by atoms with E-state index in [1.165, 1.54) is 11.5 Å². The number of carbonyl (C=O) groups excluding carboxylic acids is 1. The van der Waals surface area contributed by atoms with Gasteiger partial charge in [0, 0.05) is 38.2 Å². The maximum atomic E-state index is 11.8. The molecule has 0 aromatic carbocycles. The Balaban J connectivity index is 1.75. The van der Waals surface area contributed by atoms with Gasteiger partial charge in [0.15, 0.2) is 0 Å². The highest BCUT2D eigenvalue weighted by Crippen LogP contribution is 2.12. The molecule has 1 amide bonds. The molecule has 1 aliphatic rings. The molecule has 100 valence electrons. The second-order valence-corrected chi connectivity index (χ2v) is 4.95. The van der Waals surface area contributed by atoms with Crippen LogP contribution in [0.1, 0.15) is 18.7 Å². The zero-order valence-electron chi connectivity index (χ0n) is 10.5. The summed E-state index contributed by atoms with van der Waals surface area (Å²) in [6.07, 6.45) is 2.94. The molecule has 7 heteroatoms. The highest BCUT2D eigenvalue weighted by atomic mass is 32.1. The van der Waals surface area contributed by atoms with Gasteiger partial charge in [-0.3, -0.25) is 4.79 Å². The normalized spacial score (nSPS) is 15.1. The molecule has 0 unspecified atom stereocenters. The van der Waals surface area contributed by atoms with Crippen molar-refractivity contribution in [3.63, 3.8) is 0 Å². The minimum Gasteiger partial charge on any atom is -0.384 e. The number of likely N-dealkylation sites (tertiary alicyclic amines) is 1. The van der Waals surface area contributed by atoms with E-state index in [9.17, 15) is 4.79 Å². The van der Waals surface area contributed by atoms with E-state index in [0.717, 1.165) is 31.8 Å². The van der Waals surface area contributed by atoms with Crippen LogP contribution in [0.5, 0.6) is 0 Å². The molecule has 1 aromatic rings. The van der Waals surface area contributed by atoms with Crippen LogP contribution in [-0.4, -0.2) is 53.5 Å². The van der Waals surface area contributed by atoms with Gasteiger partial charge in [-0.05, 0) is 12.8 Å². The topological polar surface area (TPSA) is 67.3 Å². The zero-order valence-corrected chi connectivity index (χ0v) is 11.3. The fourth-order valence-corrected chi connectivity index (χ4v) is 2.46. The van der Waals surface area contributed by atoms with Crippen molar-refractivity contribution in [1.29, 1.82) is 0 Å². The van der Waals surface area contributed by atoms with E-state index < -0.39 is 0 Å². The SMILES string of the molecule is COCCc1nsc(NCC(=O)N2CCCC2)n1. The molecule has 0 bridgehead atoms. The molecule has 6 nitrogen and oxygen atoms in total. The van der Waals surface area contributed by atoms with Gasteiger partial charge in [0.1, 0.15) is 5.82 Å². The lowest BCUT2D eigenvalue weighted by Gasteiger charge is -2.14. The minimum atomic E-state index is 0.140. The molecule has 1 saturated heterocycles. The first-order valence-electron chi connectivity index (χ1n) is 6.13. The van der Waals surface area contributed by atoms with Crippen molar-refractivity contribution in [3.05, 3.63) is 5.82 Å². The first-order chi connectivity index (χ1) is 8.79. The third kappa shape index (κ3) is 3.64. The van der Waals surface area contributed by atoms with Crippen LogP contribution >= 0.6 is 11.5 Å². The lowest BCUT2D eigenvalue weighted by atomic mass is 10.4. The molecule has 0 saturated carbocycles. The molecule has 0 aliphatic carbocycles. The van der Waals surface area contributed by atoms with Crippen LogP contribution in [0.4, 0.5) is 5.13 Å². The van der Waals surface area contributed by atoms with Gasteiger partial charge in [0.05, 0.1) is 13.2 Å². The number of amides is 1. The quantitative estimate of drug-likeness (QED) is 0.826. The van der Waals surface area contributed by atoms with Gasteiger partial charge in [-0.2, -0.15) is 4.37 Å². The van der Waals surface area contributed by atoms with Crippen LogP contribution in [-0.2, 0) is 16.0 Å². The molecule has 1 fully saturated rings. The average molecular weight is 270 g/mol. The van der Waals surface area contributed by atoms with E-state index in [0.29, 0.717) is 24.7 Å². The Labute approximate surface area is 111 Å². The fraction of sp³-hybridized carbons (Fsp3) is 0.727. The molecule has 0 spiro atoms. The molecule has 1 aromatic heterocycles. The lowest BCUT2D eigenvalue weighted by molar-refractivity contribution is -0.128. The molecule has 18 heavy (non-hydrogen) atoms. The zero-order chi connectivity index (χ0) is 12.8. The summed E-state index contributed by atoms with van der Waals surface area (Å²) < 4.78 is 9.16. The van der Waals surface area contributed by atoms with Gasteiger partial charge in [-0.25, -0.2) is 4.98 Å². The monoisotopic (exact) mass is 270 g/mol. The number of nitrogens with one attached hydrogen (secondary N) is 1. The molecular formula is C11H18N4O2S. The number of ether oxygens (including phenoxy) is 1. The third-order valence-electron chi connectivity index (χ3n) is 2.85. The fourth-order valence-electron chi connectivity index (χ4n) is 1.85. The number of anilines is 1. The van der Waals surface area contributed by atoms with Gasteiger partial charge in [0.2, 0.25) is 11.0 Å². The summed E-state index contributed by atoms with van der Waals surface area (Å²) in [7, 11) is 1.65. The van der Waals surface area contributed by atoms with Crippen molar-refractivity contribution in [1.82, 2.24) is 14.3 Å². The van der Waals surface area contributed by atoms with Gasteiger partial charge < -0.3 is 15.0 Å². The summed E-state index contributed by atoms with van der Waals surface area (Å²) >= 11 is 1.29. The predicted octanol–water partition coefficient (Wildman–Crippen LogP) is 0.761. The van der Waals surface area contributed by atoms with Crippen LogP contribution in [0.25, 0.3) is 0 Å². The van der Waals surface area contributed by atoms with Crippen LogP contribution < -0.4 is 5.32 Å². The first kappa shape index (κ1) is 13.2. The second kappa shape index (κ2) is 6.65. The highest BCUT2D eigenvalue weighted by Gasteiger charge is 2.17. The number of carbonyl (C=O) groups is 1. The summed E-state index contributed by atoms with van der Waals surface area (Å²) in [4.78, 5) is 18.0. The molecule has 0 atom stereocenters. The summed E-state index contributed by atoms with van der Waals surface area (Å²) in [5, 5.41) is 3.73. The molecule has 1 N–H and O–H groups in total. The predicted molar refractivity (Wildman–Crippen MR) is 69.8 cm³/mol. The van der Waals surface area contributed by atoms with Crippen molar-refractivity contribution < 1.29 is 9.53 Å². The summed E-state index contributed by atoms with van der Waals surface area (Å²) in [5.41, 5.74) is 0. The molecule has 2 heterocycles. The number of nitrogens with zero attached hydrogens (tertiary/aromatic N) is 3. The van der Waals surface area contributed by atoms with Crippen LogP contribution in [0.3, 0.4) is 0 Å². The standard InChI is InChI=1S/C11H18N4O2S/c1-17-7-4-9-13-11(18-14-9)12-8-10(16)15-5-2-3-6-15/h2-8H2,1H3,(H,12,13,14). The Morgan fingerprint density at radius 2 is 2.28 bits per heavy atom. The Morgan fingerprint density at radius 1 is 1.50 bits per heavy atom. The number of aromatic nitrogens is 2. The smallest absolute Gasteiger partial charge is 0.241 e. The highest BCUT2D eigenvalue weighted by molar-refractivity contribution is 7.09. The first-order valence-corrected chi connectivity index (χ1v) is 6.90.